The van der Waals surface area contributed by atoms with E-state index in [2.05, 4.69) is 29.6 Å². The summed E-state index contributed by atoms with van der Waals surface area (Å²) in [6, 6.07) is 10.5. The molecule has 2 heteroatoms. The van der Waals surface area contributed by atoms with E-state index >= 15 is 0 Å². The predicted molar refractivity (Wildman–Crippen MR) is 67.3 cm³/mol. The number of aryl methyl sites for hydroxylation is 1. The Morgan fingerprint density at radius 2 is 1.94 bits per heavy atom. The molecule has 0 radical (unpaired) electrons. The maximum Gasteiger partial charge on any atom is 0.219 e. The normalized spacial score (nSPS) is 10.1. The molecule has 16 heavy (non-hydrogen) atoms. The lowest BCUT2D eigenvalue weighted by molar-refractivity contribution is -0.121. The van der Waals surface area contributed by atoms with E-state index in [1.54, 1.807) is 0 Å². The van der Waals surface area contributed by atoms with Crippen molar-refractivity contribution in [2.24, 2.45) is 0 Å². The third-order valence-electron chi connectivity index (χ3n) is 2.53. The van der Waals surface area contributed by atoms with Gasteiger partial charge in [-0.15, -0.1) is 0 Å². The van der Waals surface area contributed by atoms with Gasteiger partial charge in [-0.3, -0.25) is 4.79 Å². The van der Waals surface area contributed by atoms with Crippen LogP contribution >= 0.6 is 0 Å². The van der Waals surface area contributed by atoms with E-state index in [0.717, 1.165) is 32.2 Å². The van der Waals surface area contributed by atoms with Gasteiger partial charge in [-0.05, 0) is 31.2 Å². The van der Waals surface area contributed by atoms with Gasteiger partial charge in [0.25, 0.3) is 0 Å². The van der Waals surface area contributed by atoms with Crippen molar-refractivity contribution in [2.45, 2.75) is 39.0 Å². The first-order chi connectivity index (χ1) is 7.83. The van der Waals surface area contributed by atoms with Crippen molar-refractivity contribution in [3.63, 3.8) is 0 Å². The molecule has 0 atom stereocenters. The summed E-state index contributed by atoms with van der Waals surface area (Å²) >= 11 is 0. The smallest absolute Gasteiger partial charge is 0.219 e. The summed E-state index contributed by atoms with van der Waals surface area (Å²) < 4.78 is 0. The highest BCUT2D eigenvalue weighted by molar-refractivity contribution is 5.75. The van der Waals surface area contributed by atoms with E-state index in [4.69, 9.17) is 0 Å². The monoisotopic (exact) mass is 219 g/mol. The molecule has 0 bridgehead atoms. The zero-order valence-corrected chi connectivity index (χ0v) is 10.0. The average molecular weight is 219 g/mol. The Morgan fingerprint density at radius 1 is 1.19 bits per heavy atom. The zero-order valence-electron chi connectivity index (χ0n) is 10.0. The largest absolute Gasteiger partial charge is 0.356 e. The Bertz CT molecular complexity index is 295. The molecular weight excluding hydrogens is 198 g/mol. The molecule has 0 unspecified atom stereocenters. The van der Waals surface area contributed by atoms with Gasteiger partial charge >= 0.3 is 0 Å². The quantitative estimate of drug-likeness (QED) is 0.702. The van der Waals surface area contributed by atoms with Crippen LogP contribution in [0.15, 0.2) is 30.3 Å². The summed E-state index contributed by atoms with van der Waals surface area (Å²) in [5.74, 6) is 0.183. The number of hydrogen-bond acceptors (Lipinski definition) is 1. The van der Waals surface area contributed by atoms with Crippen LogP contribution in [-0.4, -0.2) is 12.5 Å². The van der Waals surface area contributed by atoms with Crippen molar-refractivity contribution >= 4 is 5.91 Å². The molecule has 0 heterocycles. The number of hydrogen-bond donors (Lipinski definition) is 1. The number of amides is 1. The topological polar surface area (TPSA) is 29.1 Å². The Morgan fingerprint density at radius 3 is 2.62 bits per heavy atom. The lowest BCUT2D eigenvalue weighted by Crippen LogP contribution is -2.23. The molecule has 1 N–H and O–H groups in total. The fourth-order valence-corrected chi connectivity index (χ4v) is 1.64. The first-order valence-corrected chi connectivity index (χ1v) is 6.13. The molecule has 1 amide bonds. The van der Waals surface area contributed by atoms with Crippen LogP contribution in [0.25, 0.3) is 0 Å². The van der Waals surface area contributed by atoms with Crippen LogP contribution < -0.4 is 5.32 Å². The van der Waals surface area contributed by atoms with Crippen LogP contribution in [0.2, 0.25) is 0 Å². The highest BCUT2D eigenvalue weighted by atomic mass is 16.1. The molecule has 0 aliphatic heterocycles. The van der Waals surface area contributed by atoms with Crippen LogP contribution in [0.3, 0.4) is 0 Å². The number of carbonyl (C=O) groups excluding carboxylic acids is 1. The van der Waals surface area contributed by atoms with Crippen molar-refractivity contribution in [2.75, 3.05) is 6.54 Å². The molecule has 0 aliphatic rings. The van der Waals surface area contributed by atoms with Gasteiger partial charge in [-0.25, -0.2) is 0 Å². The molecule has 1 rings (SSSR count). The SMILES string of the molecule is CCCC(=O)NCCCCc1ccccc1. The van der Waals surface area contributed by atoms with E-state index in [1.807, 2.05) is 13.0 Å². The zero-order chi connectivity index (χ0) is 11.6. The van der Waals surface area contributed by atoms with E-state index in [1.165, 1.54) is 5.56 Å². The number of carbonyl (C=O) groups is 1. The lowest BCUT2D eigenvalue weighted by atomic mass is 10.1. The second kappa shape index (κ2) is 7.91. The number of unbranched alkanes of at least 4 members (excludes halogenated alkanes) is 1. The molecule has 0 fully saturated rings. The molecule has 0 saturated carbocycles. The molecule has 0 spiro atoms. The third-order valence-corrected chi connectivity index (χ3v) is 2.53. The minimum Gasteiger partial charge on any atom is -0.356 e. The number of benzene rings is 1. The summed E-state index contributed by atoms with van der Waals surface area (Å²) in [6.07, 6.45) is 4.87. The number of rotatable bonds is 7. The molecule has 1 aromatic rings. The molecule has 0 aromatic heterocycles. The van der Waals surface area contributed by atoms with Gasteiger partial charge in [0.1, 0.15) is 0 Å². The fraction of sp³-hybridized carbons (Fsp3) is 0.500. The molecule has 0 saturated heterocycles. The van der Waals surface area contributed by atoms with E-state index in [0.29, 0.717) is 6.42 Å². The minimum absolute atomic E-state index is 0.183. The van der Waals surface area contributed by atoms with Crippen LogP contribution in [-0.2, 0) is 11.2 Å². The van der Waals surface area contributed by atoms with Gasteiger partial charge in [-0.1, -0.05) is 37.3 Å². The Balaban J connectivity index is 2.02. The van der Waals surface area contributed by atoms with Gasteiger partial charge in [0, 0.05) is 13.0 Å². The fourth-order valence-electron chi connectivity index (χ4n) is 1.64. The van der Waals surface area contributed by atoms with Crippen LogP contribution in [0, 0.1) is 0 Å². The second-order valence-electron chi connectivity index (χ2n) is 4.04. The molecular formula is C14H21NO. The van der Waals surface area contributed by atoms with Crippen LogP contribution in [0.4, 0.5) is 0 Å². The van der Waals surface area contributed by atoms with Crippen molar-refractivity contribution in [1.29, 1.82) is 0 Å². The molecule has 2 nitrogen and oxygen atoms in total. The summed E-state index contributed by atoms with van der Waals surface area (Å²) in [7, 11) is 0. The van der Waals surface area contributed by atoms with Gasteiger partial charge in [0.15, 0.2) is 0 Å². The highest BCUT2D eigenvalue weighted by Crippen LogP contribution is 2.03. The highest BCUT2D eigenvalue weighted by Gasteiger charge is 1.97. The van der Waals surface area contributed by atoms with Crippen LogP contribution in [0.5, 0.6) is 0 Å². The average Bonchev–Trinajstić information content (AvgIpc) is 2.30. The van der Waals surface area contributed by atoms with Crippen molar-refractivity contribution in [3.8, 4) is 0 Å². The molecule has 0 aliphatic carbocycles. The lowest BCUT2D eigenvalue weighted by Gasteiger charge is -2.04. The maximum absolute atomic E-state index is 11.2. The second-order valence-corrected chi connectivity index (χ2v) is 4.04. The minimum atomic E-state index is 0.183. The number of nitrogens with one attached hydrogen (secondary N) is 1. The third kappa shape index (κ3) is 5.54. The van der Waals surface area contributed by atoms with Gasteiger partial charge < -0.3 is 5.32 Å². The molecule has 1 aromatic carbocycles. The van der Waals surface area contributed by atoms with Gasteiger partial charge in [0.2, 0.25) is 5.91 Å². The summed E-state index contributed by atoms with van der Waals surface area (Å²) in [6.45, 7) is 2.83. The van der Waals surface area contributed by atoms with E-state index < -0.39 is 0 Å². The Kier molecular flexibility index (Phi) is 6.31. The Labute approximate surface area is 98.1 Å². The Hall–Kier alpha value is -1.31. The first-order valence-electron chi connectivity index (χ1n) is 6.13. The summed E-state index contributed by atoms with van der Waals surface area (Å²) in [5, 5.41) is 2.93. The first kappa shape index (κ1) is 12.8. The van der Waals surface area contributed by atoms with Crippen molar-refractivity contribution < 1.29 is 4.79 Å². The van der Waals surface area contributed by atoms with Gasteiger partial charge in [-0.2, -0.15) is 0 Å². The summed E-state index contributed by atoms with van der Waals surface area (Å²) in [5.41, 5.74) is 1.38. The van der Waals surface area contributed by atoms with Gasteiger partial charge in [0.05, 0.1) is 0 Å². The van der Waals surface area contributed by atoms with Crippen molar-refractivity contribution in [1.82, 2.24) is 5.32 Å². The van der Waals surface area contributed by atoms with Crippen LogP contribution in [0.1, 0.15) is 38.2 Å². The maximum atomic E-state index is 11.2. The van der Waals surface area contributed by atoms with E-state index in [-0.39, 0.29) is 5.91 Å². The standard InChI is InChI=1S/C14H21NO/c1-2-8-14(16)15-12-7-6-11-13-9-4-3-5-10-13/h3-5,9-10H,2,6-8,11-12H2,1H3,(H,15,16). The molecule has 88 valence electrons. The predicted octanol–water partition coefficient (Wildman–Crippen LogP) is 2.93. The van der Waals surface area contributed by atoms with Crippen molar-refractivity contribution in [3.05, 3.63) is 35.9 Å². The van der Waals surface area contributed by atoms with E-state index in [9.17, 15) is 4.79 Å². The summed E-state index contributed by atoms with van der Waals surface area (Å²) in [4.78, 5) is 11.2.